The van der Waals surface area contributed by atoms with Gasteiger partial charge in [-0.1, -0.05) is 6.92 Å². The van der Waals surface area contributed by atoms with E-state index in [4.69, 9.17) is 5.11 Å². The highest BCUT2D eigenvalue weighted by molar-refractivity contribution is 5.67. The molecule has 0 aromatic rings. The summed E-state index contributed by atoms with van der Waals surface area (Å²) >= 11 is 0. The van der Waals surface area contributed by atoms with E-state index in [0.29, 0.717) is 6.04 Å². The smallest absolute Gasteiger partial charge is 0.304 e. The topological polar surface area (TPSA) is 52.6 Å². The molecule has 1 fully saturated rings. The second kappa shape index (κ2) is 5.32. The molecule has 2 atom stereocenters. The number of carboxylic acids is 1. The van der Waals surface area contributed by atoms with Gasteiger partial charge in [-0.3, -0.25) is 9.69 Å². The van der Waals surface area contributed by atoms with Crippen molar-refractivity contribution in [1.29, 1.82) is 0 Å². The molecular weight excluding hydrogens is 180 g/mol. The van der Waals surface area contributed by atoms with Crippen molar-refractivity contribution < 1.29 is 9.90 Å². The molecule has 0 radical (unpaired) electrons. The average Bonchev–Trinajstić information content (AvgIpc) is 2.16. The molecule has 4 heteroatoms. The molecule has 1 aliphatic heterocycles. The predicted octanol–water partition coefficient (Wildman–Crippen LogP) is 0.533. The molecule has 1 rings (SSSR count). The number of piperazine rings is 1. The van der Waals surface area contributed by atoms with Gasteiger partial charge < -0.3 is 10.4 Å². The highest BCUT2D eigenvalue weighted by atomic mass is 16.4. The first-order valence-electron chi connectivity index (χ1n) is 5.33. The molecule has 14 heavy (non-hydrogen) atoms. The molecule has 1 heterocycles. The fraction of sp³-hybridized carbons (Fsp3) is 0.900. The van der Waals surface area contributed by atoms with Gasteiger partial charge in [0.15, 0.2) is 0 Å². The Morgan fingerprint density at radius 1 is 1.71 bits per heavy atom. The van der Waals surface area contributed by atoms with Crippen LogP contribution >= 0.6 is 0 Å². The van der Waals surface area contributed by atoms with Crippen LogP contribution in [0.4, 0.5) is 0 Å². The Morgan fingerprint density at radius 3 is 3.00 bits per heavy atom. The normalized spacial score (nSPS) is 26.0. The number of rotatable bonds is 4. The molecule has 0 aromatic heterocycles. The fourth-order valence-corrected chi connectivity index (χ4v) is 1.98. The number of aliphatic carboxylic acids is 1. The predicted molar refractivity (Wildman–Crippen MR) is 55.4 cm³/mol. The molecule has 1 saturated heterocycles. The van der Waals surface area contributed by atoms with E-state index >= 15 is 0 Å². The first-order chi connectivity index (χ1) is 6.65. The minimum atomic E-state index is -0.702. The second-order valence-electron chi connectivity index (χ2n) is 3.95. The van der Waals surface area contributed by atoms with Gasteiger partial charge in [-0.2, -0.15) is 0 Å². The van der Waals surface area contributed by atoms with Gasteiger partial charge >= 0.3 is 5.97 Å². The number of nitrogens with zero attached hydrogens (tertiary/aromatic N) is 1. The summed E-state index contributed by atoms with van der Waals surface area (Å²) in [5, 5.41) is 12.0. The third-order valence-corrected chi connectivity index (χ3v) is 2.96. The highest BCUT2D eigenvalue weighted by Gasteiger charge is 2.26. The molecule has 4 nitrogen and oxygen atoms in total. The van der Waals surface area contributed by atoms with E-state index in [-0.39, 0.29) is 12.5 Å². The van der Waals surface area contributed by atoms with Crippen LogP contribution < -0.4 is 5.32 Å². The molecule has 0 aliphatic carbocycles. The van der Waals surface area contributed by atoms with E-state index in [1.165, 1.54) is 0 Å². The van der Waals surface area contributed by atoms with Crippen molar-refractivity contribution >= 4 is 5.97 Å². The zero-order valence-corrected chi connectivity index (χ0v) is 8.99. The molecular formula is C10H20N2O2. The summed E-state index contributed by atoms with van der Waals surface area (Å²) in [5.74, 6) is -0.702. The van der Waals surface area contributed by atoms with Crippen molar-refractivity contribution in [3.63, 3.8) is 0 Å². The van der Waals surface area contributed by atoms with Crippen LogP contribution in [0, 0.1) is 0 Å². The van der Waals surface area contributed by atoms with Crippen LogP contribution in [0.15, 0.2) is 0 Å². The summed E-state index contributed by atoms with van der Waals surface area (Å²) in [4.78, 5) is 13.0. The lowest BCUT2D eigenvalue weighted by molar-refractivity contribution is -0.138. The van der Waals surface area contributed by atoms with Crippen LogP contribution in [0.5, 0.6) is 0 Å². The highest BCUT2D eigenvalue weighted by Crippen LogP contribution is 2.13. The van der Waals surface area contributed by atoms with Crippen molar-refractivity contribution in [2.45, 2.75) is 38.8 Å². The Labute approximate surface area is 85.3 Å². The third-order valence-electron chi connectivity index (χ3n) is 2.96. The van der Waals surface area contributed by atoms with E-state index < -0.39 is 5.97 Å². The number of hydrogen-bond donors (Lipinski definition) is 2. The molecule has 2 N–H and O–H groups in total. The Kier molecular flexibility index (Phi) is 4.35. The van der Waals surface area contributed by atoms with Gasteiger partial charge in [-0.25, -0.2) is 0 Å². The van der Waals surface area contributed by atoms with Gasteiger partial charge in [-0.05, 0) is 13.3 Å². The summed E-state index contributed by atoms with van der Waals surface area (Å²) in [7, 11) is 0. The van der Waals surface area contributed by atoms with Crippen LogP contribution in [-0.4, -0.2) is 47.7 Å². The minimum Gasteiger partial charge on any atom is -0.481 e. The lowest BCUT2D eigenvalue weighted by atomic mass is 10.1. The first kappa shape index (κ1) is 11.5. The van der Waals surface area contributed by atoms with Gasteiger partial charge in [0.25, 0.3) is 0 Å². The SMILES string of the molecule is CCC(C)N1CCNCC1CC(=O)O. The van der Waals surface area contributed by atoms with Crippen LogP contribution in [0.25, 0.3) is 0 Å². The van der Waals surface area contributed by atoms with E-state index in [2.05, 4.69) is 24.1 Å². The maximum atomic E-state index is 10.7. The van der Waals surface area contributed by atoms with Gasteiger partial charge in [0.2, 0.25) is 0 Å². The van der Waals surface area contributed by atoms with Crippen molar-refractivity contribution in [2.75, 3.05) is 19.6 Å². The molecule has 82 valence electrons. The molecule has 0 amide bonds. The molecule has 0 spiro atoms. The van der Waals surface area contributed by atoms with E-state index in [1.807, 2.05) is 0 Å². The van der Waals surface area contributed by atoms with Crippen molar-refractivity contribution in [3.8, 4) is 0 Å². The van der Waals surface area contributed by atoms with Crippen molar-refractivity contribution in [1.82, 2.24) is 10.2 Å². The van der Waals surface area contributed by atoms with E-state index in [0.717, 1.165) is 26.1 Å². The van der Waals surface area contributed by atoms with Crippen molar-refractivity contribution in [2.24, 2.45) is 0 Å². The zero-order valence-electron chi connectivity index (χ0n) is 8.99. The number of carbonyl (C=O) groups is 1. The minimum absolute atomic E-state index is 0.163. The van der Waals surface area contributed by atoms with Crippen LogP contribution in [0.3, 0.4) is 0 Å². The summed E-state index contributed by atoms with van der Waals surface area (Å²) < 4.78 is 0. The van der Waals surface area contributed by atoms with Gasteiger partial charge in [-0.15, -0.1) is 0 Å². The third kappa shape index (κ3) is 2.96. The summed E-state index contributed by atoms with van der Waals surface area (Å²) in [6, 6.07) is 0.651. The summed E-state index contributed by atoms with van der Waals surface area (Å²) in [6.07, 6.45) is 1.33. The van der Waals surface area contributed by atoms with E-state index in [9.17, 15) is 4.79 Å². The first-order valence-corrected chi connectivity index (χ1v) is 5.33. The molecule has 0 aromatic carbocycles. The van der Waals surface area contributed by atoms with Gasteiger partial charge in [0.1, 0.15) is 0 Å². The molecule has 0 bridgehead atoms. The lowest BCUT2D eigenvalue weighted by Crippen LogP contribution is -2.54. The largest absolute Gasteiger partial charge is 0.481 e. The maximum Gasteiger partial charge on any atom is 0.304 e. The number of carboxylic acid groups (broad SMARTS) is 1. The monoisotopic (exact) mass is 200 g/mol. The summed E-state index contributed by atoms with van der Waals surface area (Å²) in [5.41, 5.74) is 0. The van der Waals surface area contributed by atoms with Gasteiger partial charge in [0, 0.05) is 31.7 Å². The number of hydrogen-bond acceptors (Lipinski definition) is 3. The molecule has 2 unspecified atom stereocenters. The Morgan fingerprint density at radius 2 is 2.43 bits per heavy atom. The number of nitrogens with one attached hydrogen (secondary N) is 1. The van der Waals surface area contributed by atoms with Crippen LogP contribution in [-0.2, 0) is 4.79 Å². The Balaban J connectivity index is 2.54. The quantitative estimate of drug-likeness (QED) is 0.695. The second-order valence-corrected chi connectivity index (χ2v) is 3.95. The average molecular weight is 200 g/mol. The lowest BCUT2D eigenvalue weighted by Gasteiger charge is -2.39. The van der Waals surface area contributed by atoms with Crippen molar-refractivity contribution in [3.05, 3.63) is 0 Å². The van der Waals surface area contributed by atoms with Crippen LogP contribution in [0.2, 0.25) is 0 Å². The van der Waals surface area contributed by atoms with Crippen LogP contribution in [0.1, 0.15) is 26.7 Å². The Bertz CT molecular complexity index is 197. The zero-order chi connectivity index (χ0) is 10.6. The molecule has 1 aliphatic rings. The summed E-state index contributed by atoms with van der Waals surface area (Å²) in [6.45, 7) is 7.05. The fourth-order valence-electron chi connectivity index (χ4n) is 1.98. The Hall–Kier alpha value is -0.610. The standard InChI is InChI=1S/C10H20N2O2/c1-3-8(2)12-5-4-11-7-9(12)6-10(13)14/h8-9,11H,3-7H2,1-2H3,(H,13,14). The van der Waals surface area contributed by atoms with Gasteiger partial charge in [0.05, 0.1) is 6.42 Å². The molecule has 0 saturated carbocycles. The maximum absolute atomic E-state index is 10.7. The van der Waals surface area contributed by atoms with E-state index in [1.54, 1.807) is 0 Å².